The molecular formula is C19H22ClN3O3. The van der Waals surface area contributed by atoms with Gasteiger partial charge < -0.3 is 20.0 Å². The maximum Gasteiger partial charge on any atom is 0.287 e. The molecule has 0 unspecified atom stereocenters. The molecule has 0 saturated carbocycles. The number of halogens is 1. The molecule has 1 saturated heterocycles. The largest absolute Gasteiger partial charge is 0.459 e. The summed E-state index contributed by atoms with van der Waals surface area (Å²) in [6.45, 7) is 2.12. The van der Waals surface area contributed by atoms with Crippen LogP contribution < -0.4 is 15.5 Å². The van der Waals surface area contributed by atoms with Crippen molar-refractivity contribution in [3.63, 3.8) is 0 Å². The van der Waals surface area contributed by atoms with E-state index in [9.17, 15) is 9.59 Å². The number of amides is 2. The standard InChI is InChI=1S/C19H21N3O3.ClH/c23-17-10-13-4-1-2-6-16(13)22(17)12-14-7-9-25-18(14)19(24)21-15-5-3-8-20-11-15;/h1-2,4,6-7,9,15,20H,3,5,8,10-12H2,(H,21,24);1H/t15-;/m0./s1. The molecule has 0 bridgehead atoms. The number of anilines is 1. The Labute approximate surface area is 158 Å². The van der Waals surface area contributed by atoms with Gasteiger partial charge in [-0.1, -0.05) is 18.2 Å². The smallest absolute Gasteiger partial charge is 0.287 e. The van der Waals surface area contributed by atoms with E-state index in [1.165, 1.54) is 6.26 Å². The molecule has 0 radical (unpaired) electrons. The molecule has 1 aromatic heterocycles. The maximum atomic E-state index is 12.6. The second-order valence-electron chi connectivity index (χ2n) is 6.58. The lowest BCUT2D eigenvalue weighted by Gasteiger charge is -2.23. The van der Waals surface area contributed by atoms with Crippen molar-refractivity contribution in [3.8, 4) is 0 Å². The van der Waals surface area contributed by atoms with Crippen molar-refractivity contribution >= 4 is 29.9 Å². The zero-order valence-corrected chi connectivity index (χ0v) is 15.2. The number of benzene rings is 1. The van der Waals surface area contributed by atoms with Crippen LogP contribution in [0.5, 0.6) is 0 Å². The molecule has 7 heteroatoms. The van der Waals surface area contributed by atoms with Crippen LogP contribution in [-0.2, 0) is 17.8 Å². The number of nitrogens with zero attached hydrogens (tertiary/aromatic N) is 1. The van der Waals surface area contributed by atoms with Crippen LogP contribution in [0.4, 0.5) is 5.69 Å². The molecule has 0 spiro atoms. The van der Waals surface area contributed by atoms with Gasteiger partial charge in [0, 0.05) is 23.8 Å². The van der Waals surface area contributed by atoms with Crippen LogP contribution in [0.2, 0.25) is 0 Å². The first-order valence-corrected chi connectivity index (χ1v) is 8.68. The first-order valence-electron chi connectivity index (χ1n) is 8.68. The summed E-state index contributed by atoms with van der Waals surface area (Å²) in [6.07, 6.45) is 3.93. The SMILES string of the molecule is Cl.O=C(N[C@H]1CCCNC1)c1occc1CN1C(=O)Cc2ccccc21. The lowest BCUT2D eigenvalue weighted by atomic mass is 10.1. The van der Waals surface area contributed by atoms with E-state index in [2.05, 4.69) is 10.6 Å². The Hall–Kier alpha value is -2.31. The van der Waals surface area contributed by atoms with Gasteiger partial charge in [0.05, 0.1) is 19.2 Å². The molecule has 4 rings (SSSR count). The summed E-state index contributed by atoms with van der Waals surface area (Å²) >= 11 is 0. The first-order chi connectivity index (χ1) is 12.2. The molecule has 2 N–H and O–H groups in total. The van der Waals surface area contributed by atoms with E-state index in [-0.39, 0.29) is 30.3 Å². The van der Waals surface area contributed by atoms with Crippen molar-refractivity contribution in [2.24, 2.45) is 0 Å². The molecule has 1 fully saturated rings. The zero-order chi connectivity index (χ0) is 17.2. The van der Waals surface area contributed by atoms with Gasteiger partial charge in [-0.05, 0) is 37.1 Å². The summed E-state index contributed by atoms with van der Waals surface area (Å²) in [7, 11) is 0. The van der Waals surface area contributed by atoms with Gasteiger partial charge in [0.15, 0.2) is 5.76 Å². The monoisotopic (exact) mass is 375 g/mol. The number of para-hydroxylation sites is 1. The zero-order valence-electron chi connectivity index (χ0n) is 14.4. The van der Waals surface area contributed by atoms with Gasteiger partial charge in [-0.15, -0.1) is 12.4 Å². The highest BCUT2D eigenvalue weighted by atomic mass is 35.5. The van der Waals surface area contributed by atoms with Crippen LogP contribution >= 0.6 is 12.4 Å². The summed E-state index contributed by atoms with van der Waals surface area (Å²) in [6, 6.07) is 9.64. The normalized spacial score (nSPS) is 19.0. The number of hydrogen-bond donors (Lipinski definition) is 2. The third-order valence-electron chi connectivity index (χ3n) is 4.84. The minimum atomic E-state index is -0.214. The molecular weight excluding hydrogens is 354 g/mol. The number of furan rings is 1. The Morgan fingerprint density at radius 1 is 1.31 bits per heavy atom. The molecule has 6 nitrogen and oxygen atoms in total. The highest BCUT2D eigenvalue weighted by Crippen LogP contribution is 2.30. The summed E-state index contributed by atoms with van der Waals surface area (Å²) < 4.78 is 5.43. The number of nitrogens with one attached hydrogen (secondary N) is 2. The Morgan fingerprint density at radius 3 is 2.96 bits per heavy atom. The van der Waals surface area contributed by atoms with E-state index in [0.29, 0.717) is 18.7 Å². The number of hydrogen-bond acceptors (Lipinski definition) is 4. The summed E-state index contributed by atoms with van der Waals surface area (Å²) in [5, 5.41) is 6.30. The predicted octanol–water partition coefficient (Wildman–Crippen LogP) is 2.27. The van der Waals surface area contributed by atoms with Crippen molar-refractivity contribution in [1.82, 2.24) is 10.6 Å². The summed E-state index contributed by atoms with van der Waals surface area (Å²) in [5.74, 6) is 0.127. The second-order valence-corrected chi connectivity index (χ2v) is 6.58. The number of fused-ring (bicyclic) bond motifs is 1. The van der Waals surface area contributed by atoms with Crippen molar-refractivity contribution in [2.45, 2.75) is 31.8 Å². The first kappa shape index (κ1) is 18.5. The van der Waals surface area contributed by atoms with Crippen LogP contribution in [0.25, 0.3) is 0 Å². The molecule has 2 aliphatic rings. The Bertz CT molecular complexity index is 799. The molecule has 0 aliphatic carbocycles. The van der Waals surface area contributed by atoms with Gasteiger partial charge in [-0.3, -0.25) is 9.59 Å². The van der Waals surface area contributed by atoms with E-state index < -0.39 is 0 Å². The quantitative estimate of drug-likeness (QED) is 0.859. The van der Waals surface area contributed by atoms with Gasteiger partial charge in [-0.2, -0.15) is 0 Å². The van der Waals surface area contributed by atoms with E-state index in [4.69, 9.17) is 4.42 Å². The Kier molecular flexibility index (Phi) is 5.64. The number of carbonyl (C=O) groups is 2. The van der Waals surface area contributed by atoms with E-state index in [1.807, 2.05) is 24.3 Å². The highest BCUT2D eigenvalue weighted by molar-refractivity contribution is 6.01. The lowest BCUT2D eigenvalue weighted by molar-refractivity contribution is -0.117. The third kappa shape index (κ3) is 3.61. The fourth-order valence-corrected chi connectivity index (χ4v) is 3.55. The minimum Gasteiger partial charge on any atom is -0.459 e. The Morgan fingerprint density at radius 2 is 2.15 bits per heavy atom. The van der Waals surface area contributed by atoms with Gasteiger partial charge in [0.25, 0.3) is 5.91 Å². The minimum absolute atomic E-state index is 0. The number of rotatable bonds is 4. The molecule has 2 aromatic rings. The van der Waals surface area contributed by atoms with E-state index in [1.54, 1.807) is 11.0 Å². The molecule has 1 aromatic carbocycles. The van der Waals surface area contributed by atoms with Gasteiger partial charge >= 0.3 is 0 Å². The van der Waals surface area contributed by atoms with Crippen LogP contribution in [0.1, 0.15) is 34.5 Å². The van der Waals surface area contributed by atoms with Crippen LogP contribution in [0, 0.1) is 0 Å². The average Bonchev–Trinajstić information content (AvgIpc) is 3.21. The van der Waals surface area contributed by atoms with Gasteiger partial charge in [0.1, 0.15) is 0 Å². The van der Waals surface area contributed by atoms with Crippen molar-refractivity contribution < 1.29 is 14.0 Å². The number of piperidine rings is 1. The summed E-state index contributed by atoms with van der Waals surface area (Å²) in [4.78, 5) is 26.6. The molecule has 26 heavy (non-hydrogen) atoms. The third-order valence-corrected chi connectivity index (χ3v) is 4.84. The fourth-order valence-electron chi connectivity index (χ4n) is 3.55. The second kappa shape index (κ2) is 7.93. The van der Waals surface area contributed by atoms with Crippen molar-refractivity contribution in [3.05, 3.63) is 53.5 Å². The molecule has 3 heterocycles. The predicted molar refractivity (Wildman–Crippen MR) is 101 cm³/mol. The molecule has 2 amide bonds. The Balaban J connectivity index is 0.00000196. The summed E-state index contributed by atoms with van der Waals surface area (Å²) in [5.41, 5.74) is 2.66. The van der Waals surface area contributed by atoms with Crippen molar-refractivity contribution in [1.29, 1.82) is 0 Å². The maximum absolute atomic E-state index is 12.6. The number of carbonyl (C=O) groups excluding carboxylic acids is 2. The highest BCUT2D eigenvalue weighted by Gasteiger charge is 2.29. The van der Waals surface area contributed by atoms with E-state index >= 15 is 0 Å². The fraction of sp³-hybridized carbons (Fsp3) is 0.368. The van der Waals surface area contributed by atoms with Crippen molar-refractivity contribution in [2.75, 3.05) is 18.0 Å². The topological polar surface area (TPSA) is 74.6 Å². The van der Waals surface area contributed by atoms with E-state index in [0.717, 1.165) is 42.7 Å². The van der Waals surface area contributed by atoms with Gasteiger partial charge in [-0.25, -0.2) is 0 Å². The van der Waals surface area contributed by atoms with Gasteiger partial charge in [0.2, 0.25) is 5.91 Å². The average molecular weight is 376 g/mol. The molecule has 2 aliphatic heterocycles. The molecule has 1 atom stereocenters. The van der Waals surface area contributed by atoms with Crippen LogP contribution in [0.15, 0.2) is 41.0 Å². The van der Waals surface area contributed by atoms with Crippen LogP contribution in [0.3, 0.4) is 0 Å². The molecule has 138 valence electrons. The van der Waals surface area contributed by atoms with Crippen LogP contribution in [-0.4, -0.2) is 30.9 Å². The lowest BCUT2D eigenvalue weighted by Crippen LogP contribution is -2.45.